The molecule has 2 heterocycles. The molecule has 3 atom stereocenters. The summed E-state index contributed by atoms with van der Waals surface area (Å²) in [5, 5.41) is 9.29. The van der Waals surface area contributed by atoms with Crippen LogP contribution < -0.4 is 0 Å². The van der Waals surface area contributed by atoms with Crippen molar-refractivity contribution in [3.63, 3.8) is 0 Å². The highest BCUT2D eigenvalue weighted by Crippen LogP contribution is 2.43. The maximum Gasteiger partial charge on any atom is 0.320 e. The van der Waals surface area contributed by atoms with Gasteiger partial charge in [-0.05, 0) is 38.0 Å². The number of urea groups is 1. The van der Waals surface area contributed by atoms with Crippen molar-refractivity contribution < 1.29 is 14.7 Å². The molecule has 3 rings (SSSR count). The summed E-state index contributed by atoms with van der Waals surface area (Å²) < 4.78 is 0. The zero-order valence-electron chi connectivity index (χ0n) is 12.3. The number of aliphatic carboxylic acids is 1. The predicted octanol–water partition coefficient (Wildman–Crippen LogP) is 2.16. The van der Waals surface area contributed by atoms with E-state index >= 15 is 0 Å². The van der Waals surface area contributed by atoms with Crippen LogP contribution in [0.2, 0.25) is 0 Å². The van der Waals surface area contributed by atoms with E-state index in [2.05, 4.69) is 13.8 Å². The summed E-state index contributed by atoms with van der Waals surface area (Å²) in [6, 6.07) is 0.575. The Hall–Kier alpha value is -1.26. The fourth-order valence-electron chi connectivity index (χ4n) is 3.86. The maximum absolute atomic E-state index is 12.9. The van der Waals surface area contributed by atoms with E-state index in [0.29, 0.717) is 18.4 Å². The Morgan fingerprint density at radius 2 is 1.95 bits per heavy atom. The highest BCUT2D eigenvalue weighted by atomic mass is 16.4. The minimum atomic E-state index is -0.739. The van der Waals surface area contributed by atoms with E-state index in [9.17, 15) is 14.7 Å². The lowest BCUT2D eigenvalue weighted by molar-refractivity contribution is -0.142. The van der Waals surface area contributed by atoms with E-state index in [4.69, 9.17) is 0 Å². The second kappa shape index (κ2) is 4.93. The molecule has 20 heavy (non-hydrogen) atoms. The molecule has 3 fully saturated rings. The van der Waals surface area contributed by atoms with Crippen molar-refractivity contribution in [3.05, 3.63) is 0 Å². The molecule has 5 nitrogen and oxygen atoms in total. The number of carbonyl (C=O) groups excluding carboxylic acids is 1. The van der Waals surface area contributed by atoms with E-state index in [-0.39, 0.29) is 24.0 Å². The van der Waals surface area contributed by atoms with Gasteiger partial charge in [-0.15, -0.1) is 0 Å². The standard InChI is InChI=1S/C15H24N2O3/c1-9(2)8-16(10-3-4-10)15(20)17-11-5-6-13(17)12(7-11)14(18)19/h9-13H,3-8H2,1-2H3,(H,18,19). The molecule has 2 aliphatic heterocycles. The monoisotopic (exact) mass is 280 g/mol. The normalized spacial score (nSPS) is 31.9. The SMILES string of the molecule is CC(C)CN(C(=O)N1C2CCC1C(C(=O)O)C2)C1CC1. The number of amides is 2. The molecule has 0 aromatic heterocycles. The lowest BCUT2D eigenvalue weighted by Gasteiger charge is -2.32. The van der Waals surface area contributed by atoms with Gasteiger partial charge in [0.1, 0.15) is 0 Å². The molecule has 5 heteroatoms. The zero-order chi connectivity index (χ0) is 14.4. The summed E-state index contributed by atoms with van der Waals surface area (Å²) >= 11 is 0. The van der Waals surface area contributed by atoms with Crippen molar-refractivity contribution >= 4 is 12.0 Å². The molecule has 2 amide bonds. The Morgan fingerprint density at radius 1 is 1.25 bits per heavy atom. The molecule has 0 radical (unpaired) electrons. The molecule has 0 aromatic rings. The number of hydrogen-bond donors (Lipinski definition) is 1. The van der Waals surface area contributed by atoms with Gasteiger partial charge in [0.15, 0.2) is 0 Å². The van der Waals surface area contributed by atoms with E-state index in [1.165, 1.54) is 0 Å². The van der Waals surface area contributed by atoms with E-state index in [1.54, 1.807) is 0 Å². The fourth-order valence-corrected chi connectivity index (χ4v) is 3.86. The Morgan fingerprint density at radius 3 is 2.45 bits per heavy atom. The minimum absolute atomic E-state index is 0.0709. The summed E-state index contributed by atoms with van der Waals surface area (Å²) in [4.78, 5) is 28.1. The van der Waals surface area contributed by atoms with Crippen LogP contribution in [0.15, 0.2) is 0 Å². The van der Waals surface area contributed by atoms with Gasteiger partial charge in [-0.3, -0.25) is 4.79 Å². The van der Waals surface area contributed by atoms with Crippen LogP contribution in [0.5, 0.6) is 0 Å². The van der Waals surface area contributed by atoms with Crippen LogP contribution in [0.1, 0.15) is 46.0 Å². The lowest BCUT2D eigenvalue weighted by Crippen LogP contribution is -2.48. The van der Waals surface area contributed by atoms with Crippen LogP contribution in [0.4, 0.5) is 4.79 Å². The number of carbonyl (C=O) groups is 2. The van der Waals surface area contributed by atoms with Crippen LogP contribution in [0.25, 0.3) is 0 Å². The van der Waals surface area contributed by atoms with Crippen LogP contribution >= 0.6 is 0 Å². The lowest BCUT2D eigenvalue weighted by atomic mass is 9.89. The molecule has 0 aromatic carbocycles. The van der Waals surface area contributed by atoms with Crippen molar-refractivity contribution in [2.45, 2.75) is 64.1 Å². The van der Waals surface area contributed by atoms with Gasteiger partial charge in [-0.1, -0.05) is 13.8 Å². The average Bonchev–Trinajstić information content (AvgIpc) is 3.06. The summed E-state index contributed by atoms with van der Waals surface area (Å²) in [6.45, 7) is 5.04. The summed E-state index contributed by atoms with van der Waals surface area (Å²) in [6.07, 6.45) is 4.67. The third-order valence-electron chi connectivity index (χ3n) is 4.87. The van der Waals surface area contributed by atoms with Gasteiger partial charge in [0, 0.05) is 24.7 Å². The molecule has 3 aliphatic rings. The Bertz CT molecular complexity index is 419. The second-order valence-corrected chi connectivity index (χ2v) is 6.95. The van der Waals surface area contributed by atoms with Crippen LogP contribution in [-0.2, 0) is 4.79 Å². The highest BCUT2D eigenvalue weighted by molar-refractivity contribution is 5.80. The highest BCUT2D eigenvalue weighted by Gasteiger charge is 2.53. The van der Waals surface area contributed by atoms with E-state index in [0.717, 1.165) is 32.2 Å². The first-order valence-corrected chi connectivity index (χ1v) is 7.80. The first-order chi connectivity index (χ1) is 9.49. The predicted molar refractivity (Wildman–Crippen MR) is 74.4 cm³/mol. The summed E-state index contributed by atoms with van der Waals surface area (Å²) in [7, 11) is 0. The summed E-state index contributed by atoms with van der Waals surface area (Å²) in [5.74, 6) is -0.635. The van der Waals surface area contributed by atoms with E-state index in [1.807, 2.05) is 9.80 Å². The van der Waals surface area contributed by atoms with Gasteiger partial charge in [-0.2, -0.15) is 0 Å². The van der Waals surface area contributed by atoms with Crippen LogP contribution in [0.3, 0.4) is 0 Å². The summed E-state index contributed by atoms with van der Waals surface area (Å²) in [5.41, 5.74) is 0. The molecule has 2 bridgehead atoms. The largest absolute Gasteiger partial charge is 0.481 e. The van der Waals surface area contributed by atoms with Crippen molar-refractivity contribution in [1.82, 2.24) is 9.80 Å². The number of rotatable bonds is 4. The third-order valence-corrected chi connectivity index (χ3v) is 4.87. The molecule has 1 saturated carbocycles. The van der Waals surface area contributed by atoms with Gasteiger partial charge in [-0.25, -0.2) is 4.79 Å². The van der Waals surface area contributed by atoms with Gasteiger partial charge in [0.05, 0.1) is 5.92 Å². The third kappa shape index (κ3) is 2.27. The van der Waals surface area contributed by atoms with Crippen molar-refractivity contribution in [2.75, 3.05) is 6.54 Å². The van der Waals surface area contributed by atoms with Crippen LogP contribution in [0, 0.1) is 11.8 Å². The molecule has 112 valence electrons. The van der Waals surface area contributed by atoms with Gasteiger partial charge in [0.2, 0.25) is 0 Å². The molecular formula is C15H24N2O3. The van der Waals surface area contributed by atoms with Gasteiger partial charge >= 0.3 is 12.0 Å². The van der Waals surface area contributed by atoms with Gasteiger partial charge in [0.25, 0.3) is 0 Å². The van der Waals surface area contributed by atoms with Crippen molar-refractivity contribution in [3.8, 4) is 0 Å². The maximum atomic E-state index is 12.9. The number of carboxylic acid groups (broad SMARTS) is 1. The number of nitrogens with zero attached hydrogens (tertiary/aromatic N) is 2. The Labute approximate surface area is 119 Å². The minimum Gasteiger partial charge on any atom is -0.481 e. The fraction of sp³-hybridized carbons (Fsp3) is 0.867. The topological polar surface area (TPSA) is 60.9 Å². The number of fused-ring (bicyclic) bond motifs is 2. The number of hydrogen-bond acceptors (Lipinski definition) is 2. The first-order valence-electron chi connectivity index (χ1n) is 7.80. The number of carboxylic acids is 1. The molecule has 1 N–H and O–H groups in total. The quantitative estimate of drug-likeness (QED) is 0.858. The second-order valence-electron chi connectivity index (χ2n) is 6.95. The first kappa shape index (κ1) is 13.7. The molecule has 0 spiro atoms. The average molecular weight is 280 g/mol. The van der Waals surface area contributed by atoms with Crippen molar-refractivity contribution in [1.29, 1.82) is 0 Å². The molecule has 2 saturated heterocycles. The molecule has 1 aliphatic carbocycles. The molecular weight excluding hydrogens is 256 g/mol. The van der Waals surface area contributed by atoms with E-state index < -0.39 is 5.97 Å². The smallest absolute Gasteiger partial charge is 0.320 e. The zero-order valence-corrected chi connectivity index (χ0v) is 12.3. The van der Waals surface area contributed by atoms with Gasteiger partial charge < -0.3 is 14.9 Å². The Kier molecular flexibility index (Phi) is 3.38. The van der Waals surface area contributed by atoms with Crippen LogP contribution in [-0.4, -0.2) is 51.6 Å². The molecule has 3 unspecified atom stereocenters. The Balaban J connectivity index is 1.75. The van der Waals surface area contributed by atoms with Crippen molar-refractivity contribution in [2.24, 2.45) is 11.8 Å².